The van der Waals surface area contributed by atoms with Gasteiger partial charge in [0.05, 0.1) is 31.1 Å². The largest absolute Gasteiger partial charge is 0.466 e. The van der Waals surface area contributed by atoms with Gasteiger partial charge in [0.25, 0.3) is 0 Å². The van der Waals surface area contributed by atoms with Gasteiger partial charge in [-0.1, -0.05) is 42.5 Å². The second kappa shape index (κ2) is 9.21. The molecule has 2 rings (SSSR count). The normalized spacial score (nSPS) is 12.3. The van der Waals surface area contributed by atoms with Crippen LogP contribution in [0, 0.1) is 0 Å². The van der Waals surface area contributed by atoms with Crippen LogP contribution in [-0.2, 0) is 26.9 Å². The number of rotatable bonds is 7. The highest BCUT2D eigenvalue weighted by molar-refractivity contribution is 5.80. The third-order valence-electron chi connectivity index (χ3n) is 3.86. The molecule has 1 unspecified atom stereocenters. The molecule has 0 heterocycles. The molecule has 0 saturated heterocycles. The zero-order chi connectivity index (χ0) is 19.9. The third-order valence-corrected chi connectivity index (χ3v) is 3.86. The lowest BCUT2D eigenvalue weighted by atomic mass is 10.0. The van der Waals surface area contributed by atoms with Crippen LogP contribution < -0.4 is 5.32 Å². The number of hydrogen-bond donors (Lipinski definition) is 1. The maximum Gasteiger partial charge on any atom is 0.416 e. The van der Waals surface area contributed by atoms with Gasteiger partial charge in [-0.05, 0) is 30.2 Å². The second-order valence-corrected chi connectivity index (χ2v) is 5.91. The number of esters is 1. The summed E-state index contributed by atoms with van der Waals surface area (Å²) in [4.78, 5) is 24.1. The summed E-state index contributed by atoms with van der Waals surface area (Å²) >= 11 is 0. The van der Waals surface area contributed by atoms with Gasteiger partial charge in [-0.3, -0.25) is 9.59 Å². The van der Waals surface area contributed by atoms with Gasteiger partial charge in [0.15, 0.2) is 0 Å². The Morgan fingerprint density at radius 3 is 2.22 bits per heavy atom. The van der Waals surface area contributed by atoms with E-state index in [4.69, 9.17) is 4.74 Å². The third kappa shape index (κ3) is 6.44. The number of amides is 1. The fourth-order valence-corrected chi connectivity index (χ4v) is 2.57. The van der Waals surface area contributed by atoms with E-state index in [1.54, 1.807) is 31.2 Å². The zero-order valence-electron chi connectivity index (χ0n) is 14.8. The number of benzene rings is 2. The van der Waals surface area contributed by atoms with Crippen molar-refractivity contribution in [1.29, 1.82) is 0 Å². The minimum atomic E-state index is -4.42. The van der Waals surface area contributed by atoms with Gasteiger partial charge in [-0.15, -0.1) is 0 Å². The van der Waals surface area contributed by atoms with E-state index in [-0.39, 0.29) is 19.4 Å². The van der Waals surface area contributed by atoms with Crippen molar-refractivity contribution in [2.24, 2.45) is 0 Å². The number of hydrogen-bond acceptors (Lipinski definition) is 3. The van der Waals surface area contributed by atoms with E-state index in [1.807, 2.05) is 6.07 Å². The summed E-state index contributed by atoms with van der Waals surface area (Å²) < 4.78 is 42.8. The molecular weight excluding hydrogens is 359 g/mol. The molecule has 0 aliphatic heterocycles. The van der Waals surface area contributed by atoms with Crippen LogP contribution in [0.1, 0.15) is 36.1 Å². The highest BCUT2D eigenvalue weighted by Gasteiger charge is 2.30. The van der Waals surface area contributed by atoms with Crippen LogP contribution in [0.15, 0.2) is 54.6 Å². The van der Waals surface area contributed by atoms with Crippen molar-refractivity contribution >= 4 is 11.9 Å². The monoisotopic (exact) mass is 379 g/mol. The Labute approximate surface area is 155 Å². The zero-order valence-corrected chi connectivity index (χ0v) is 14.8. The fourth-order valence-electron chi connectivity index (χ4n) is 2.57. The van der Waals surface area contributed by atoms with Crippen molar-refractivity contribution in [2.45, 2.75) is 32.0 Å². The molecule has 2 aromatic carbocycles. The Hall–Kier alpha value is -2.83. The molecule has 1 amide bonds. The van der Waals surface area contributed by atoms with E-state index in [9.17, 15) is 22.8 Å². The average Bonchev–Trinajstić information content (AvgIpc) is 2.62. The Morgan fingerprint density at radius 2 is 1.67 bits per heavy atom. The van der Waals surface area contributed by atoms with E-state index in [0.717, 1.165) is 17.7 Å². The van der Waals surface area contributed by atoms with Gasteiger partial charge in [-0.2, -0.15) is 13.2 Å². The van der Waals surface area contributed by atoms with Crippen molar-refractivity contribution in [3.8, 4) is 0 Å². The number of halogens is 3. The van der Waals surface area contributed by atoms with Crippen LogP contribution in [0.4, 0.5) is 13.2 Å². The molecule has 1 N–H and O–H groups in total. The first-order chi connectivity index (χ1) is 12.8. The first-order valence-electron chi connectivity index (χ1n) is 8.45. The molecule has 27 heavy (non-hydrogen) atoms. The van der Waals surface area contributed by atoms with Gasteiger partial charge in [-0.25, -0.2) is 0 Å². The molecule has 0 aliphatic carbocycles. The molecule has 2 aromatic rings. The van der Waals surface area contributed by atoms with Crippen LogP contribution in [0.3, 0.4) is 0 Å². The Balaban J connectivity index is 2.05. The topological polar surface area (TPSA) is 55.4 Å². The minimum Gasteiger partial charge on any atom is -0.466 e. The molecule has 4 nitrogen and oxygen atoms in total. The summed E-state index contributed by atoms with van der Waals surface area (Å²) in [6, 6.07) is 12.8. The lowest BCUT2D eigenvalue weighted by Crippen LogP contribution is -2.31. The number of carbonyl (C=O) groups excluding carboxylic acids is 2. The van der Waals surface area contributed by atoms with Crippen LogP contribution in [0.25, 0.3) is 0 Å². The number of alkyl halides is 3. The highest BCUT2D eigenvalue weighted by atomic mass is 19.4. The first-order valence-corrected chi connectivity index (χ1v) is 8.45. The van der Waals surface area contributed by atoms with Crippen LogP contribution >= 0.6 is 0 Å². The van der Waals surface area contributed by atoms with Crippen molar-refractivity contribution < 1.29 is 27.5 Å². The Morgan fingerprint density at radius 1 is 1.04 bits per heavy atom. The van der Waals surface area contributed by atoms with Gasteiger partial charge >= 0.3 is 12.1 Å². The predicted octanol–water partition coefficient (Wildman–Crippen LogP) is 4.06. The standard InChI is InChI=1S/C20H20F3NO3/c1-2-27-19(26)13-17(15-6-4-3-5-7-15)24-18(25)12-14-8-10-16(11-9-14)20(21,22)23/h3-11,17H,2,12-13H2,1H3,(H,24,25). The SMILES string of the molecule is CCOC(=O)CC(NC(=O)Cc1ccc(C(F)(F)F)cc1)c1ccccc1. The van der Waals surface area contributed by atoms with E-state index >= 15 is 0 Å². The van der Waals surface area contributed by atoms with E-state index in [2.05, 4.69) is 5.32 Å². The van der Waals surface area contributed by atoms with Crippen LogP contribution in [0.5, 0.6) is 0 Å². The van der Waals surface area contributed by atoms with E-state index in [0.29, 0.717) is 5.56 Å². The predicted molar refractivity (Wildman–Crippen MR) is 93.7 cm³/mol. The quantitative estimate of drug-likeness (QED) is 0.738. The minimum absolute atomic E-state index is 0.0311. The van der Waals surface area contributed by atoms with Gasteiger partial charge < -0.3 is 10.1 Å². The van der Waals surface area contributed by atoms with Crippen molar-refractivity contribution in [3.05, 3.63) is 71.3 Å². The molecule has 0 aliphatic rings. The molecule has 1 atom stereocenters. The molecule has 0 saturated carbocycles. The summed E-state index contributed by atoms with van der Waals surface area (Å²) in [5, 5.41) is 2.75. The Kier molecular flexibility index (Phi) is 6.98. The Bertz CT molecular complexity index is 758. The summed E-state index contributed by atoms with van der Waals surface area (Å²) in [6.45, 7) is 1.93. The lowest BCUT2D eigenvalue weighted by molar-refractivity contribution is -0.144. The molecule has 0 bridgehead atoms. The molecule has 144 valence electrons. The van der Waals surface area contributed by atoms with Crippen LogP contribution in [0.2, 0.25) is 0 Å². The van der Waals surface area contributed by atoms with Crippen molar-refractivity contribution in [3.63, 3.8) is 0 Å². The summed E-state index contributed by atoms with van der Waals surface area (Å²) in [6.07, 6.45) is -4.54. The smallest absolute Gasteiger partial charge is 0.416 e. The van der Waals surface area contributed by atoms with Gasteiger partial charge in [0, 0.05) is 0 Å². The van der Waals surface area contributed by atoms with E-state index < -0.39 is 29.7 Å². The van der Waals surface area contributed by atoms with Crippen LogP contribution in [-0.4, -0.2) is 18.5 Å². The molecule has 7 heteroatoms. The average molecular weight is 379 g/mol. The van der Waals surface area contributed by atoms with Crippen molar-refractivity contribution in [1.82, 2.24) is 5.32 Å². The number of nitrogens with one attached hydrogen (secondary N) is 1. The second-order valence-electron chi connectivity index (χ2n) is 5.91. The number of carbonyl (C=O) groups is 2. The summed E-state index contributed by atoms with van der Waals surface area (Å²) in [7, 11) is 0. The maximum absolute atomic E-state index is 12.6. The summed E-state index contributed by atoms with van der Waals surface area (Å²) in [5.74, 6) is -0.839. The van der Waals surface area contributed by atoms with Gasteiger partial charge in [0.2, 0.25) is 5.91 Å². The fraction of sp³-hybridized carbons (Fsp3) is 0.300. The first kappa shape index (κ1) is 20.5. The highest BCUT2D eigenvalue weighted by Crippen LogP contribution is 2.29. The molecule has 0 fully saturated rings. The molecule has 0 aromatic heterocycles. The maximum atomic E-state index is 12.6. The molecule has 0 spiro atoms. The molecule has 0 radical (unpaired) electrons. The van der Waals surface area contributed by atoms with E-state index in [1.165, 1.54) is 12.1 Å². The van der Waals surface area contributed by atoms with Crippen molar-refractivity contribution in [2.75, 3.05) is 6.61 Å². The van der Waals surface area contributed by atoms with Gasteiger partial charge in [0.1, 0.15) is 0 Å². The molecular formula is C20H20F3NO3. The number of ether oxygens (including phenoxy) is 1. The summed E-state index contributed by atoms with van der Waals surface area (Å²) in [5.41, 5.74) is 0.422. The lowest BCUT2D eigenvalue weighted by Gasteiger charge is -2.18.